The van der Waals surface area contributed by atoms with E-state index in [0.29, 0.717) is 21.8 Å². The lowest BCUT2D eigenvalue weighted by Crippen LogP contribution is -2.15. The van der Waals surface area contributed by atoms with E-state index < -0.39 is 5.91 Å². The minimum atomic E-state index is -0.511. The third kappa shape index (κ3) is 5.45. The minimum absolute atomic E-state index is 0.142. The van der Waals surface area contributed by atoms with Gasteiger partial charge in [-0.2, -0.15) is 0 Å². The van der Waals surface area contributed by atoms with Crippen LogP contribution in [-0.2, 0) is 4.79 Å². The highest BCUT2D eigenvalue weighted by atomic mass is 32.2. The fourth-order valence-electron chi connectivity index (χ4n) is 2.30. The molecule has 142 valence electrons. The van der Waals surface area contributed by atoms with E-state index in [0.717, 1.165) is 4.90 Å². The Morgan fingerprint density at radius 2 is 1.54 bits per heavy atom. The molecule has 0 saturated carbocycles. The zero-order valence-electron chi connectivity index (χ0n) is 14.7. The molecule has 0 bridgehead atoms. The van der Waals surface area contributed by atoms with Crippen LogP contribution in [0.3, 0.4) is 0 Å². The van der Waals surface area contributed by atoms with Gasteiger partial charge in [-0.3, -0.25) is 14.4 Å². The Hall–Kier alpha value is -3.10. The number of rotatable bonds is 7. The summed E-state index contributed by atoms with van der Waals surface area (Å²) in [7, 11) is 0. The molecule has 8 heteroatoms. The van der Waals surface area contributed by atoms with Crippen molar-refractivity contribution in [2.24, 2.45) is 5.73 Å². The summed E-state index contributed by atoms with van der Waals surface area (Å²) in [6, 6.07) is 17.3. The summed E-state index contributed by atoms with van der Waals surface area (Å²) in [4.78, 5) is 36.7. The Morgan fingerprint density at radius 3 is 2.14 bits per heavy atom. The van der Waals surface area contributed by atoms with Crippen LogP contribution in [0.1, 0.15) is 20.0 Å². The number of hydrogen-bond acceptors (Lipinski definition) is 5. The molecular formula is C20H17N3O3S2. The van der Waals surface area contributed by atoms with Crippen LogP contribution in [-0.4, -0.2) is 23.5 Å². The fourth-order valence-corrected chi connectivity index (χ4v) is 3.62. The van der Waals surface area contributed by atoms with Crippen molar-refractivity contribution in [3.63, 3.8) is 0 Å². The lowest BCUT2D eigenvalue weighted by molar-refractivity contribution is -0.113. The first kappa shape index (κ1) is 19.7. The molecule has 0 aliphatic carbocycles. The molecule has 0 saturated heterocycles. The zero-order chi connectivity index (χ0) is 19.9. The molecular weight excluding hydrogens is 394 g/mol. The summed E-state index contributed by atoms with van der Waals surface area (Å²) in [6.45, 7) is 0. The lowest BCUT2D eigenvalue weighted by atomic mass is 10.2. The van der Waals surface area contributed by atoms with E-state index in [-0.39, 0.29) is 17.6 Å². The van der Waals surface area contributed by atoms with E-state index >= 15 is 0 Å². The Bertz CT molecular complexity index is 969. The van der Waals surface area contributed by atoms with Crippen molar-refractivity contribution in [3.8, 4) is 0 Å². The molecule has 3 rings (SSSR count). The molecule has 6 nitrogen and oxygen atoms in total. The molecule has 3 aromatic rings. The van der Waals surface area contributed by atoms with Crippen LogP contribution in [0.25, 0.3) is 0 Å². The van der Waals surface area contributed by atoms with E-state index in [1.54, 1.807) is 42.5 Å². The van der Waals surface area contributed by atoms with Gasteiger partial charge < -0.3 is 16.4 Å². The van der Waals surface area contributed by atoms with E-state index in [1.807, 2.05) is 23.6 Å². The molecule has 3 amide bonds. The van der Waals surface area contributed by atoms with Gasteiger partial charge in [0.2, 0.25) is 11.8 Å². The number of thiophene rings is 1. The first-order valence-electron chi connectivity index (χ1n) is 8.29. The molecule has 2 aromatic carbocycles. The molecule has 1 heterocycles. The predicted octanol–water partition coefficient (Wildman–Crippen LogP) is 3.83. The second-order valence-electron chi connectivity index (χ2n) is 5.73. The number of thioether (sulfide) groups is 1. The highest BCUT2D eigenvalue weighted by Crippen LogP contribution is 2.21. The number of benzene rings is 2. The Labute approximate surface area is 170 Å². The summed E-state index contributed by atoms with van der Waals surface area (Å²) < 4.78 is 0. The highest BCUT2D eigenvalue weighted by molar-refractivity contribution is 8.00. The van der Waals surface area contributed by atoms with E-state index in [2.05, 4.69) is 10.6 Å². The van der Waals surface area contributed by atoms with E-state index in [4.69, 9.17) is 5.73 Å². The van der Waals surface area contributed by atoms with Crippen LogP contribution in [0.2, 0.25) is 0 Å². The number of primary amides is 1. The van der Waals surface area contributed by atoms with E-state index in [1.165, 1.54) is 23.1 Å². The smallest absolute Gasteiger partial charge is 0.265 e. The third-order valence-electron chi connectivity index (χ3n) is 3.68. The van der Waals surface area contributed by atoms with Crippen LogP contribution >= 0.6 is 23.1 Å². The molecule has 0 unspecified atom stereocenters. The topological polar surface area (TPSA) is 101 Å². The molecule has 28 heavy (non-hydrogen) atoms. The first-order chi connectivity index (χ1) is 13.5. The number of amides is 3. The van der Waals surface area contributed by atoms with Crippen molar-refractivity contribution in [2.75, 3.05) is 16.4 Å². The molecule has 0 atom stereocenters. The standard InChI is InChI=1S/C20H17N3O3S2/c21-19(25)13-3-5-14(6-4-13)22-18(24)12-28-16-9-7-15(8-10-16)23-20(26)17-2-1-11-27-17/h1-11H,12H2,(H2,21,25)(H,22,24)(H,23,26). The van der Waals surface area contributed by atoms with Gasteiger partial charge in [0.25, 0.3) is 5.91 Å². The van der Waals surface area contributed by atoms with Crippen molar-refractivity contribution >= 4 is 52.2 Å². The maximum atomic E-state index is 12.1. The third-order valence-corrected chi connectivity index (χ3v) is 5.56. The van der Waals surface area contributed by atoms with Gasteiger partial charge in [0.15, 0.2) is 0 Å². The zero-order valence-corrected chi connectivity index (χ0v) is 16.3. The normalized spacial score (nSPS) is 10.3. The summed E-state index contributed by atoms with van der Waals surface area (Å²) in [5.74, 6) is -0.578. The number of carbonyl (C=O) groups is 3. The number of hydrogen-bond donors (Lipinski definition) is 3. The second-order valence-corrected chi connectivity index (χ2v) is 7.73. The van der Waals surface area contributed by atoms with Gasteiger partial charge in [0.05, 0.1) is 10.6 Å². The van der Waals surface area contributed by atoms with Gasteiger partial charge in [-0.15, -0.1) is 23.1 Å². The van der Waals surface area contributed by atoms with Gasteiger partial charge >= 0.3 is 0 Å². The largest absolute Gasteiger partial charge is 0.366 e. The van der Waals surface area contributed by atoms with Crippen molar-refractivity contribution in [3.05, 3.63) is 76.5 Å². The number of nitrogens with two attached hydrogens (primary N) is 1. The van der Waals surface area contributed by atoms with Gasteiger partial charge in [-0.25, -0.2) is 0 Å². The number of carbonyl (C=O) groups excluding carboxylic acids is 3. The van der Waals surface area contributed by atoms with Gasteiger partial charge in [0, 0.05) is 21.8 Å². The highest BCUT2D eigenvalue weighted by Gasteiger charge is 2.08. The number of anilines is 2. The average Bonchev–Trinajstić information content (AvgIpc) is 3.23. The van der Waals surface area contributed by atoms with E-state index in [9.17, 15) is 14.4 Å². The molecule has 0 fully saturated rings. The van der Waals surface area contributed by atoms with Crippen LogP contribution in [0.5, 0.6) is 0 Å². The quantitative estimate of drug-likeness (QED) is 0.514. The van der Waals surface area contributed by atoms with Gasteiger partial charge in [0.1, 0.15) is 0 Å². The summed E-state index contributed by atoms with van der Waals surface area (Å²) >= 11 is 2.77. The van der Waals surface area contributed by atoms with Gasteiger partial charge in [-0.1, -0.05) is 6.07 Å². The van der Waals surface area contributed by atoms with Crippen LogP contribution in [0.15, 0.2) is 70.9 Å². The maximum absolute atomic E-state index is 12.1. The Kier molecular flexibility index (Phi) is 6.46. The Balaban J connectivity index is 1.48. The summed E-state index contributed by atoms with van der Waals surface area (Å²) in [6.07, 6.45) is 0. The van der Waals surface area contributed by atoms with Crippen molar-refractivity contribution in [1.82, 2.24) is 0 Å². The predicted molar refractivity (Wildman–Crippen MR) is 113 cm³/mol. The molecule has 1 aromatic heterocycles. The van der Waals surface area contributed by atoms with Gasteiger partial charge in [-0.05, 0) is 60.0 Å². The molecule has 0 radical (unpaired) electrons. The monoisotopic (exact) mass is 411 g/mol. The van der Waals surface area contributed by atoms with Crippen molar-refractivity contribution in [1.29, 1.82) is 0 Å². The van der Waals surface area contributed by atoms with Crippen LogP contribution in [0, 0.1) is 0 Å². The molecule has 4 N–H and O–H groups in total. The van der Waals surface area contributed by atoms with Crippen LogP contribution < -0.4 is 16.4 Å². The fraction of sp³-hybridized carbons (Fsp3) is 0.0500. The molecule has 0 aliphatic rings. The SMILES string of the molecule is NC(=O)c1ccc(NC(=O)CSc2ccc(NC(=O)c3cccs3)cc2)cc1. The average molecular weight is 412 g/mol. The molecule has 0 aliphatic heterocycles. The Morgan fingerprint density at radius 1 is 0.893 bits per heavy atom. The lowest BCUT2D eigenvalue weighted by Gasteiger charge is -2.07. The second kappa shape index (κ2) is 9.20. The number of nitrogens with one attached hydrogen (secondary N) is 2. The molecule has 0 spiro atoms. The first-order valence-corrected chi connectivity index (χ1v) is 10.2. The summed E-state index contributed by atoms with van der Waals surface area (Å²) in [5.41, 5.74) is 6.87. The summed E-state index contributed by atoms with van der Waals surface area (Å²) in [5, 5.41) is 7.45. The minimum Gasteiger partial charge on any atom is -0.366 e. The maximum Gasteiger partial charge on any atom is 0.265 e. The van der Waals surface area contributed by atoms with Crippen molar-refractivity contribution < 1.29 is 14.4 Å². The van der Waals surface area contributed by atoms with Crippen molar-refractivity contribution in [2.45, 2.75) is 4.90 Å². The van der Waals surface area contributed by atoms with Crippen LogP contribution in [0.4, 0.5) is 11.4 Å².